The fourth-order valence-corrected chi connectivity index (χ4v) is 2.64. The molecule has 0 aliphatic carbocycles. The third-order valence-corrected chi connectivity index (χ3v) is 5.28. The Morgan fingerprint density at radius 3 is 2.30 bits per heavy atom. The van der Waals surface area contributed by atoms with Crippen molar-refractivity contribution in [2.24, 2.45) is 0 Å². The lowest BCUT2D eigenvalue weighted by molar-refractivity contribution is -0.120. The maximum atomic E-state index is 11.8. The molecule has 0 bridgehead atoms. The van der Waals surface area contributed by atoms with Crippen molar-refractivity contribution < 1.29 is 13.2 Å². The second-order valence-electron chi connectivity index (χ2n) is 5.76. The van der Waals surface area contributed by atoms with Crippen LogP contribution in [0.5, 0.6) is 0 Å². The van der Waals surface area contributed by atoms with Crippen molar-refractivity contribution in [3.63, 3.8) is 0 Å². The predicted octanol–water partition coefficient (Wildman–Crippen LogP) is 2.71. The van der Waals surface area contributed by atoms with Crippen LogP contribution in [0.3, 0.4) is 0 Å². The van der Waals surface area contributed by atoms with Crippen molar-refractivity contribution in [1.82, 2.24) is 5.32 Å². The lowest BCUT2D eigenvalue weighted by Crippen LogP contribution is -2.36. The Balaban J connectivity index is 2.02. The summed E-state index contributed by atoms with van der Waals surface area (Å²) in [4.78, 5) is 11.8. The average Bonchev–Trinajstić information content (AvgIpc) is 2.51. The Kier molecular flexibility index (Phi) is 5.21. The van der Waals surface area contributed by atoms with Gasteiger partial charge in [0.15, 0.2) is 9.84 Å². The normalized spacial score (nSPS) is 12.7. The van der Waals surface area contributed by atoms with Gasteiger partial charge in [0.05, 0.1) is 0 Å². The van der Waals surface area contributed by atoms with Crippen LogP contribution in [0.1, 0.15) is 18.1 Å². The van der Waals surface area contributed by atoms with E-state index in [2.05, 4.69) is 30.4 Å². The highest BCUT2D eigenvalue weighted by Crippen LogP contribution is 2.20. The molecule has 0 aliphatic heterocycles. The maximum absolute atomic E-state index is 11.8. The minimum atomic E-state index is -3.37. The zero-order valence-electron chi connectivity index (χ0n) is 13.5. The molecule has 0 heterocycles. The van der Waals surface area contributed by atoms with E-state index in [1.165, 1.54) is 12.5 Å². The summed E-state index contributed by atoms with van der Waals surface area (Å²) in [5.74, 6) is -0.477. The molecule has 0 saturated carbocycles. The SMILES string of the molecule is Cc1cccc(-c2ccc(CNC(=O)C(C)S(C)(=O)=O)cc2)c1. The Morgan fingerprint density at radius 2 is 1.74 bits per heavy atom. The van der Waals surface area contributed by atoms with Crippen molar-refractivity contribution in [3.8, 4) is 11.1 Å². The van der Waals surface area contributed by atoms with Crippen LogP contribution in [-0.2, 0) is 21.2 Å². The van der Waals surface area contributed by atoms with E-state index in [4.69, 9.17) is 0 Å². The molecule has 1 unspecified atom stereocenters. The molecule has 0 radical (unpaired) electrons. The first-order valence-corrected chi connectivity index (χ1v) is 9.35. The van der Waals surface area contributed by atoms with Gasteiger partial charge in [-0.1, -0.05) is 54.1 Å². The Bertz CT molecular complexity index is 795. The van der Waals surface area contributed by atoms with Gasteiger partial charge in [0, 0.05) is 12.8 Å². The monoisotopic (exact) mass is 331 g/mol. The van der Waals surface area contributed by atoms with Crippen LogP contribution in [0.15, 0.2) is 48.5 Å². The van der Waals surface area contributed by atoms with E-state index in [1.807, 2.05) is 30.3 Å². The summed E-state index contributed by atoms with van der Waals surface area (Å²) < 4.78 is 22.7. The van der Waals surface area contributed by atoms with E-state index in [0.29, 0.717) is 6.54 Å². The quantitative estimate of drug-likeness (QED) is 0.916. The summed E-state index contributed by atoms with van der Waals surface area (Å²) in [6.45, 7) is 3.76. The Hall–Kier alpha value is -2.14. The second-order valence-corrected chi connectivity index (χ2v) is 8.12. The number of rotatable bonds is 5. The zero-order valence-corrected chi connectivity index (χ0v) is 14.4. The van der Waals surface area contributed by atoms with Crippen molar-refractivity contribution in [1.29, 1.82) is 0 Å². The number of carbonyl (C=O) groups excluding carboxylic acids is 1. The van der Waals surface area contributed by atoms with Gasteiger partial charge in [-0.05, 0) is 30.5 Å². The largest absolute Gasteiger partial charge is 0.351 e. The summed E-state index contributed by atoms with van der Waals surface area (Å²) in [5.41, 5.74) is 4.38. The lowest BCUT2D eigenvalue weighted by atomic mass is 10.0. The number of amides is 1. The van der Waals surface area contributed by atoms with Gasteiger partial charge < -0.3 is 5.32 Å². The van der Waals surface area contributed by atoms with Crippen LogP contribution < -0.4 is 5.32 Å². The van der Waals surface area contributed by atoms with E-state index < -0.39 is 21.0 Å². The van der Waals surface area contributed by atoms with Crippen LogP contribution in [0.4, 0.5) is 0 Å². The standard InChI is InChI=1S/C18H21NO3S/c1-13-5-4-6-17(11-13)16-9-7-15(8-10-16)12-19-18(20)14(2)23(3,21)22/h4-11,14H,12H2,1-3H3,(H,19,20). The van der Waals surface area contributed by atoms with E-state index in [-0.39, 0.29) is 0 Å². The summed E-state index contributed by atoms with van der Waals surface area (Å²) in [6.07, 6.45) is 1.06. The number of aryl methyl sites for hydroxylation is 1. The number of nitrogens with one attached hydrogen (secondary N) is 1. The third kappa shape index (κ3) is 4.66. The number of sulfone groups is 1. The van der Waals surface area contributed by atoms with Gasteiger partial charge in [-0.15, -0.1) is 0 Å². The summed E-state index contributed by atoms with van der Waals surface area (Å²) in [6, 6.07) is 16.1. The average molecular weight is 331 g/mol. The fourth-order valence-electron chi connectivity index (χ4n) is 2.17. The number of benzene rings is 2. The molecule has 2 rings (SSSR count). The molecule has 0 aliphatic rings. The Morgan fingerprint density at radius 1 is 1.09 bits per heavy atom. The number of carbonyl (C=O) groups is 1. The molecule has 0 fully saturated rings. The molecule has 1 amide bonds. The van der Waals surface area contributed by atoms with E-state index in [9.17, 15) is 13.2 Å². The van der Waals surface area contributed by atoms with Crippen LogP contribution in [0.2, 0.25) is 0 Å². The molecule has 4 nitrogen and oxygen atoms in total. The van der Waals surface area contributed by atoms with E-state index >= 15 is 0 Å². The van der Waals surface area contributed by atoms with Gasteiger partial charge in [-0.3, -0.25) is 4.79 Å². The van der Waals surface area contributed by atoms with Crippen LogP contribution in [0, 0.1) is 6.92 Å². The van der Waals surface area contributed by atoms with Gasteiger partial charge in [-0.25, -0.2) is 8.42 Å². The summed E-state index contributed by atoms with van der Waals surface area (Å²) in [7, 11) is -3.37. The fraction of sp³-hybridized carbons (Fsp3) is 0.278. The molecular weight excluding hydrogens is 310 g/mol. The highest BCUT2D eigenvalue weighted by Gasteiger charge is 2.22. The summed E-state index contributed by atoms with van der Waals surface area (Å²) >= 11 is 0. The van der Waals surface area contributed by atoms with Gasteiger partial charge in [0.2, 0.25) is 5.91 Å². The summed E-state index contributed by atoms with van der Waals surface area (Å²) in [5, 5.41) is 1.62. The highest BCUT2D eigenvalue weighted by atomic mass is 32.2. The van der Waals surface area contributed by atoms with Crippen LogP contribution in [-0.4, -0.2) is 25.8 Å². The zero-order chi connectivity index (χ0) is 17.0. The van der Waals surface area contributed by atoms with Gasteiger partial charge >= 0.3 is 0 Å². The molecule has 5 heteroatoms. The van der Waals surface area contributed by atoms with Gasteiger partial charge in [-0.2, -0.15) is 0 Å². The molecule has 2 aromatic carbocycles. The smallest absolute Gasteiger partial charge is 0.238 e. The van der Waals surface area contributed by atoms with Crippen molar-refractivity contribution in [2.75, 3.05) is 6.26 Å². The third-order valence-electron chi connectivity index (χ3n) is 3.78. The molecule has 1 N–H and O–H groups in total. The van der Waals surface area contributed by atoms with Crippen molar-refractivity contribution in [3.05, 3.63) is 59.7 Å². The molecular formula is C18H21NO3S. The molecule has 0 spiro atoms. The highest BCUT2D eigenvalue weighted by molar-refractivity contribution is 7.92. The minimum absolute atomic E-state index is 0.312. The minimum Gasteiger partial charge on any atom is -0.351 e. The van der Waals surface area contributed by atoms with E-state index in [1.54, 1.807) is 0 Å². The van der Waals surface area contributed by atoms with Crippen molar-refractivity contribution >= 4 is 15.7 Å². The van der Waals surface area contributed by atoms with Gasteiger partial charge in [0.25, 0.3) is 0 Å². The first-order chi connectivity index (χ1) is 10.8. The Labute approximate surface area is 137 Å². The molecule has 0 aromatic heterocycles. The number of hydrogen-bond acceptors (Lipinski definition) is 3. The van der Waals surface area contributed by atoms with Crippen LogP contribution >= 0.6 is 0 Å². The molecule has 1 atom stereocenters. The first kappa shape index (κ1) is 17.2. The maximum Gasteiger partial charge on any atom is 0.238 e. The van der Waals surface area contributed by atoms with Gasteiger partial charge in [0.1, 0.15) is 5.25 Å². The van der Waals surface area contributed by atoms with Crippen LogP contribution in [0.25, 0.3) is 11.1 Å². The molecule has 2 aromatic rings. The molecule has 23 heavy (non-hydrogen) atoms. The van der Waals surface area contributed by atoms with E-state index in [0.717, 1.165) is 22.9 Å². The second kappa shape index (κ2) is 6.96. The molecule has 122 valence electrons. The first-order valence-electron chi connectivity index (χ1n) is 7.40. The number of hydrogen-bond donors (Lipinski definition) is 1. The lowest BCUT2D eigenvalue weighted by Gasteiger charge is -2.11. The topological polar surface area (TPSA) is 63.2 Å². The van der Waals surface area contributed by atoms with Crippen molar-refractivity contribution in [2.45, 2.75) is 25.6 Å². The molecule has 0 saturated heterocycles. The predicted molar refractivity (Wildman–Crippen MR) is 92.8 cm³/mol.